The van der Waals surface area contributed by atoms with Crippen LogP contribution in [-0.4, -0.2) is 16.7 Å². The van der Waals surface area contributed by atoms with Crippen molar-refractivity contribution in [2.75, 3.05) is 0 Å². The molecule has 0 unspecified atom stereocenters. The number of rotatable bonds is 5. The number of ether oxygens (including phenoxy) is 1. The molecule has 140 valence electrons. The summed E-state index contributed by atoms with van der Waals surface area (Å²) >= 11 is 1.30. The summed E-state index contributed by atoms with van der Waals surface area (Å²) in [6.45, 7) is 5.51. The van der Waals surface area contributed by atoms with Crippen molar-refractivity contribution in [3.05, 3.63) is 77.9 Å². The monoisotopic (exact) mass is 380 g/mol. The van der Waals surface area contributed by atoms with Gasteiger partial charge >= 0.3 is 5.97 Å². The normalized spacial score (nSPS) is 19.3. The first kappa shape index (κ1) is 19.4. The zero-order valence-electron chi connectivity index (χ0n) is 15.9. The van der Waals surface area contributed by atoms with Crippen molar-refractivity contribution in [2.45, 2.75) is 49.5 Å². The molecular formula is C23H24O3S. The number of fused-ring (bicyclic) bond motifs is 1. The van der Waals surface area contributed by atoms with Crippen LogP contribution in [0.2, 0.25) is 0 Å². The minimum atomic E-state index is -0.666. The van der Waals surface area contributed by atoms with Crippen molar-refractivity contribution in [3.8, 4) is 0 Å². The van der Waals surface area contributed by atoms with Gasteiger partial charge in [-0.1, -0.05) is 66.4 Å². The maximum absolute atomic E-state index is 13.1. The molecule has 4 heteroatoms. The van der Waals surface area contributed by atoms with Crippen LogP contribution in [-0.2, 0) is 26.2 Å². The van der Waals surface area contributed by atoms with E-state index in [9.17, 15) is 9.59 Å². The second kappa shape index (κ2) is 7.73. The van der Waals surface area contributed by atoms with E-state index in [1.165, 1.54) is 17.8 Å². The first-order chi connectivity index (χ1) is 12.8. The highest BCUT2D eigenvalue weighted by Crippen LogP contribution is 2.49. The quantitative estimate of drug-likeness (QED) is 0.535. The van der Waals surface area contributed by atoms with Gasteiger partial charge in [-0.3, -0.25) is 4.79 Å². The predicted molar refractivity (Wildman–Crippen MR) is 109 cm³/mol. The molecule has 0 bridgehead atoms. The molecule has 2 aromatic carbocycles. The van der Waals surface area contributed by atoms with E-state index in [-0.39, 0.29) is 11.1 Å². The van der Waals surface area contributed by atoms with Crippen LogP contribution in [0.25, 0.3) is 0 Å². The SMILES string of the molecule is CC(C)(C)OC(=O)/C=C/C[C@@]1(Cc2ccccc2)C(=O)Sc2ccccc21. The maximum Gasteiger partial charge on any atom is 0.330 e. The molecule has 0 N–H and O–H groups in total. The molecule has 0 saturated carbocycles. The third-order valence-corrected chi connectivity index (χ3v) is 5.62. The summed E-state index contributed by atoms with van der Waals surface area (Å²) in [5.41, 5.74) is 0.946. The van der Waals surface area contributed by atoms with Gasteiger partial charge in [0.1, 0.15) is 5.60 Å². The Labute approximate surface area is 164 Å². The summed E-state index contributed by atoms with van der Waals surface area (Å²) in [7, 11) is 0. The van der Waals surface area contributed by atoms with E-state index in [1.54, 1.807) is 6.08 Å². The Kier molecular flexibility index (Phi) is 5.56. The zero-order chi connectivity index (χ0) is 19.5. The molecule has 27 heavy (non-hydrogen) atoms. The number of hydrogen-bond donors (Lipinski definition) is 0. The van der Waals surface area contributed by atoms with Gasteiger partial charge in [-0.15, -0.1) is 0 Å². The highest BCUT2D eigenvalue weighted by atomic mass is 32.2. The van der Waals surface area contributed by atoms with E-state index in [1.807, 2.05) is 75.4 Å². The molecular weight excluding hydrogens is 356 g/mol. The first-order valence-electron chi connectivity index (χ1n) is 9.05. The lowest BCUT2D eigenvalue weighted by Gasteiger charge is -2.27. The minimum absolute atomic E-state index is 0.126. The van der Waals surface area contributed by atoms with E-state index in [2.05, 4.69) is 0 Å². The van der Waals surface area contributed by atoms with E-state index < -0.39 is 11.0 Å². The summed E-state index contributed by atoms with van der Waals surface area (Å²) in [6.07, 6.45) is 4.29. The van der Waals surface area contributed by atoms with E-state index in [0.717, 1.165) is 16.0 Å². The molecule has 1 aliphatic heterocycles. The topological polar surface area (TPSA) is 43.4 Å². The lowest BCUT2D eigenvalue weighted by Crippen LogP contribution is -2.33. The van der Waals surface area contributed by atoms with Crippen molar-refractivity contribution in [1.82, 2.24) is 0 Å². The van der Waals surface area contributed by atoms with Crippen LogP contribution >= 0.6 is 11.8 Å². The molecule has 0 spiro atoms. The van der Waals surface area contributed by atoms with Gasteiger partial charge in [-0.25, -0.2) is 4.79 Å². The Morgan fingerprint density at radius 3 is 2.44 bits per heavy atom. The largest absolute Gasteiger partial charge is 0.457 e. The minimum Gasteiger partial charge on any atom is -0.457 e. The summed E-state index contributed by atoms with van der Waals surface area (Å²) in [5, 5.41) is 0.126. The van der Waals surface area contributed by atoms with E-state index >= 15 is 0 Å². The number of carbonyl (C=O) groups excluding carboxylic acids is 2. The number of allylic oxidation sites excluding steroid dienone is 1. The number of esters is 1. The summed E-state index contributed by atoms with van der Waals surface area (Å²) in [5.74, 6) is -0.385. The summed E-state index contributed by atoms with van der Waals surface area (Å²) < 4.78 is 5.33. The molecule has 0 amide bonds. The van der Waals surface area contributed by atoms with Gasteiger partial charge in [0.15, 0.2) is 0 Å². The summed E-state index contributed by atoms with van der Waals surface area (Å²) in [6, 6.07) is 18.0. The van der Waals surface area contributed by atoms with E-state index in [4.69, 9.17) is 4.74 Å². The molecule has 0 saturated heterocycles. The molecule has 0 radical (unpaired) electrons. The average Bonchev–Trinajstić information content (AvgIpc) is 2.86. The smallest absolute Gasteiger partial charge is 0.330 e. The molecule has 0 fully saturated rings. The molecule has 1 heterocycles. The lowest BCUT2D eigenvalue weighted by molar-refractivity contribution is -0.148. The van der Waals surface area contributed by atoms with Gasteiger partial charge in [0.25, 0.3) is 0 Å². The first-order valence-corrected chi connectivity index (χ1v) is 9.87. The molecule has 1 atom stereocenters. The molecule has 2 aromatic rings. The van der Waals surface area contributed by atoms with Crippen molar-refractivity contribution >= 4 is 22.8 Å². The molecule has 0 aliphatic carbocycles. The molecule has 1 aliphatic rings. The third kappa shape index (κ3) is 4.51. The number of thioether (sulfide) groups is 1. The van der Waals surface area contributed by atoms with Gasteiger partial charge in [0.05, 0.1) is 5.41 Å². The van der Waals surface area contributed by atoms with Crippen molar-refractivity contribution in [2.24, 2.45) is 0 Å². The van der Waals surface area contributed by atoms with Crippen LogP contribution in [0.3, 0.4) is 0 Å². The fourth-order valence-corrected chi connectivity index (χ4v) is 4.51. The Hall–Kier alpha value is -2.33. The van der Waals surface area contributed by atoms with Crippen molar-refractivity contribution in [3.63, 3.8) is 0 Å². The maximum atomic E-state index is 13.1. The third-order valence-electron chi connectivity index (χ3n) is 4.47. The number of benzene rings is 2. The van der Waals surface area contributed by atoms with Crippen molar-refractivity contribution < 1.29 is 14.3 Å². The number of hydrogen-bond acceptors (Lipinski definition) is 4. The number of carbonyl (C=O) groups is 2. The van der Waals surface area contributed by atoms with Crippen LogP contribution in [0.15, 0.2) is 71.6 Å². The van der Waals surface area contributed by atoms with Gasteiger partial charge in [0.2, 0.25) is 5.12 Å². The standard InChI is InChI=1S/C23H24O3S/c1-22(2,3)26-20(24)14-9-15-23(16-17-10-5-4-6-11-17)18-12-7-8-13-19(18)27-21(23)25/h4-14H,15-16H2,1-3H3/b14-9+/t23-/m0/s1. The Balaban J connectivity index is 1.90. The predicted octanol–water partition coefficient (Wildman–Crippen LogP) is 5.09. The van der Waals surface area contributed by atoms with Gasteiger partial charge in [0, 0.05) is 11.0 Å². The van der Waals surface area contributed by atoms with Crippen LogP contribution in [0.5, 0.6) is 0 Å². The van der Waals surface area contributed by atoms with Gasteiger partial charge in [-0.2, -0.15) is 0 Å². The highest BCUT2D eigenvalue weighted by molar-refractivity contribution is 8.14. The van der Waals surface area contributed by atoms with Gasteiger partial charge < -0.3 is 4.74 Å². The van der Waals surface area contributed by atoms with Crippen LogP contribution in [0.4, 0.5) is 0 Å². The fraction of sp³-hybridized carbons (Fsp3) is 0.304. The van der Waals surface area contributed by atoms with Crippen LogP contribution < -0.4 is 0 Å². The Morgan fingerprint density at radius 1 is 1.07 bits per heavy atom. The second-order valence-electron chi connectivity index (χ2n) is 7.77. The second-order valence-corrected chi connectivity index (χ2v) is 8.78. The molecule has 0 aromatic heterocycles. The Bertz CT molecular complexity index is 865. The highest BCUT2D eigenvalue weighted by Gasteiger charge is 2.46. The van der Waals surface area contributed by atoms with Gasteiger partial charge in [-0.05, 0) is 50.8 Å². The zero-order valence-corrected chi connectivity index (χ0v) is 16.7. The summed E-state index contributed by atoms with van der Waals surface area (Å²) in [4.78, 5) is 26.1. The van der Waals surface area contributed by atoms with Crippen LogP contribution in [0.1, 0.15) is 38.3 Å². The molecule has 3 nitrogen and oxygen atoms in total. The Morgan fingerprint density at radius 2 is 1.74 bits per heavy atom. The fourth-order valence-electron chi connectivity index (χ4n) is 3.33. The van der Waals surface area contributed by atoms with E-state index in [0.29, 0.717) is 12.8 Å². The van der Waals surface area contributed by atoms with Crippen molar-refractivity contribution in [1.29, 1.82) is 0 Å². The molecule has 3 rings (SSSR count). The average molecular weight is 381 g/mol. The lowest BCUT2D eigenvalue weighted by atomic mass is 9.74. The van der Waals surface area contributed by atoms with Crippen LogP contribution in [0, 0.1) is 0 Å².